The summed E-state index contributed by atoms with van der Waals surface area (Å²) in [6.07, 6.45) is 6.68. The van der Waals surface area contributed by atoms with E-state index in [1.54, 1.807) is 0 Å². The van der Waals surface area contributed by atoms with Crippen molar-refractivity contribution in [3.63, 3.8) is 0 Å². The van der Waals surface area contributed by atoms with E-state index in [0.717, 1.165) is 24.7 Å². The third kappa shape index (κ3) is 5.10. The number of hydrogen-bond donors (Lipinski definition) is 2. The van der Waals surface area contributed by atoms with Gasteiger partial charge in [-0.15, -0.1) is 24.0 Å². The Bertz CT molecular complexity index is 544. The Morgan fingerprint density at radius 1 is 1.21 bits per heavy atom. The number of nitrogens with zero attached hydrogens (tertiary/aromatic N) is 3. The third-order valence-corrected chi connectivity index (χ3v) is 5.44. The van der Waals surface area contributed by atoms with Crippen LogP contribution in [0.15, 0.2) is 4.99 Å². The van der Waals surface area contributed by atoms with E-state index in [-0.39, 0.29) is 24.0 Å². The second kappa shape index (κ2) is 9.63. The summed E-state index contributed by atoms with van der Waals surface area (Å²) in [5.74, 6) is 0.926. The Kier molecular flexibility index (Phi) is 8.53. The highest BCUT2D eigenvalue weighted by Crippen LogP contribution is 2.40. The quantitative estimate of drug-likeness (QED) is 0.398. The molecule has 1 aliphatic rings. The highest BCUT2D eigenvalue weighted by Gasteiger charge is 2.31. The minimum Gasteiger partial charge on any atom is -0.357 e. The number of guanidine groups is 1. The van der Waals surface area contributed by atoms with Gasteiger partial charge in [-0.25, -0.2) is 4.99 Å². The van der Waals surface area contributed by atoms with Gasteiger partial charge in [0, 0.05) is 31.4 Å². The van der Waals surface area contributed by atoms with Gasteiger partial charge in [0.1, 0.15) is 0 Å². The molecule has 0 amide bonds. The van der Waals surface area contributed by atoms with Crippen molar-refractivity contribution in [3.05, 3.63) is 17.0 Å². The number of nitrogens with one attached hydrogen (secondary N) is 2. The molecule has 2 N–H and O–H groups in total. The summed E-state index contributed by atoms with van der Waals surface area (Å²) in [5, 5.41) is 11.4. The minimum atomic E-state index is 0. The van der Waals surface area contributed by atoms with Crippen LogP contribution in [-0.4, -0.2) is 28.8 Å². The van der Waals surface area contributed by atoms with E-state index in [0.29, 0.717) is 12.0 Å². The summed E-state index contributed by atoms with van der Waals surface area (Å²) in [4.78, 5) is 4.79. The second-order valence-electron chi connectivity index (χ2n) is 6.88. The fourth-order valence-corrected chi connectivity index (χ4v) is 3.60. The minimum absolute atomic E-state index is 0. The topological polar surface area (TPSA) is 54.2 Å². The zero-order chi connectivity index (χ0) is 16.9. The summed E-state index contributed by atoms with van der Waals surface area (Å²) >= 11 is 0. The maximum Gasteiger partial charge on any atom is 0.191 e. The van der Waals surface area contributed by atoms with Crippen LogP contribution < -0.4 is 10.6 Å². The van der Waals surface area contributed by atoms with Gasteiger partial charge in [-0.2, -0.15) is 5.10 Å². The summed E-state index contributed by atoms with van der Waals surface area (Å²) in [6, 6.07) is 0. The molecule has 138 valence electrons. The van der Waals surface area contributed by atoms with Gasteiger partial charge in [0.2, 0.25) is 0 Å². The highest BCUT2D eigenvalue weighted by atomic mass is 127. The van der Waals surface area contributed by atoms with Crippen LogP contribution >= 0.6 is 24.0 Å². The molecule has 1 fully saturated rings. The summed E-state index contributed by atoms with van der Waals surface area (Å²) in [7, 11) is 1.99. The molecule has 1 aliphatic carbocycles. The molecule has 6 heteroatoms. The lowest BCUT2D eigenvalue weighted by atomic mass is 9.83. The van der Waals surface area contributed by atoms with Gasteiger partial charge in [-0.3, -0.25) is 4.68 Å². The molecule has 24 heavy (non-hydrogen) atoms. The smallest absolute Gasteiger partial charge is 0.191 e. The van der Waals surface area contributed by atoms with E-state index in [2.05, 4.69) is 43.4 Å². The van der Waals surface area contributed by atoms with Crippen LogP contribution in [0.3, 0.4) is 0 Å². The Labute approximate surface area is 164 Å². The maximum absolute atomic E-state index is 4.79. The molecule has 0 unspecified atom stereocenters. The SMILES string of the molecule is CCNC(=NCc1c(C)nn(C)c1C)NCC1(CC)CCCC1.I. The van der Waals surface area contributed by atoms with Crippen LogP contribution in [0.2, 0.25) is 0 Å². The molecular formula is C18H34IN5. The van der Waals surface area contributed by atoms with Gasteiger partial charge in [0.15, 0.2) is 5.96 Å². The van der Waals surface area contributed by atoms with Gasteiger partial charge in [0.05, 0.1) is 12.2 Å². The third-order valence-electron chi connectivity index (χ3n) is 5.44. The first-order valence-electron chi connectivity index (χ1n) is 9.02. The van der Waals surface area contributed by atoms with Crippen LogP contribution in [0.25, 0.3) is 0 Å². The molecule has 0 aromatic carbocycles. The molecular weight excluding hydrogens is 413 g/mol. The standard InChI is InChI=1S/C18H33N5.HI/c1-6-18(10-8-9-11-18)13-21-17(19-7-2)20-12-16-14(3)22-23(5)15(16)4;/h6-13H2,1-5H3,(H2,19,20,21);1H. The van der Waals surface area contributed by atoms with E-state index in [1.165, 1.54) is 43.4 Å². The Morgan fingerprint density at radius 3 is 2.38 bits per heavy atom. The van der Waals surface area contributed by atoms with Gasteiger partial charge in [-0.05, 0) is 45.4 Å². The first kappa shape index (κ1) is 21.3. The lowest BCUT2D eigenvalue weighted by Crippen LogP contribution is -2.42. The molecule has 1 saturated carbocycles. The normalized spacial score (nSPS) is 16.8. The predicted molar refractivity (Wildman–Crippen MR) is 112 cm³/mol. The molecule has 0 bridgehead atoms. The molecule has 0 aliphatic heterocycles. The van der Waals surface area contributed by atoms with E-state index < -0.39 is 0 Å². The molecule has 1 aromatic heterocycles. The Hall–Kier alpha value is -0.790. The number of aryl methyl sites for hydroxylation is 2. The van der Waals surface area contributed by atoms with Crippen LogP contribution in [-0.2, 0) is 13.6 Å². The number of rotatable bonds is 6. The lowest BCUT2D eigenvalue weighted by molar-refractivity contribution is 0.283. The van der Waals surface area contributed by atoms with Gasteiger partial charge in [0.25, 0.3) is 0 Å². The maximum atomic E-state index is 4.79. The largest absolute Gasteiger partial charge is 0.357 e. The van der Waals surface area contributed by atoms with E-state index >= 15 is 0 Å². The highest BCUT2D eigenvalue weighted by molar-refractivity contribution is 14.0. The van der Waals surface area contributed by atoms with E-state index in [9.17, 15) is 0 Å². The van der Waals surface area contributed by atoms with Gasteiger partial charge in [-0.1, -0.05) is 19.8 Å². The number of aliphatic imine (C=N–C) groups is 1. The molecule has 0 atom stereocenters. The average molecular weight is 447 g/mol. The molecule has 0 saturated heterocycles. The van der Waals surface area contributed by atoms with E-state index in [1.807, 2.05) is 11.7 Å². The van der Waals surface area contributed by atoms with Crippen molar-refractivity contribution in [2.75, 3.05) is 13.1 Å². The first-order chi connectivity index (χ1) is 11.0. The van der Waals surface area contributed by atoms with Crippen LogP contribution in [0.4, 0.5) is 0 Å². The van der Waals surface area contributed by atoms with Crippen LogP contribution in [0.5, 0.6) is 0 Å². The van der Waals surface area contributed by atoms with Crippen molar-refractivity contribution in [2.45, 2.75) is 66.3 Å². The van der Waals surface area contributed by atoms with Crippen molar-refractivity contribution >= 4 is 29.9 Å². The van der Waals surface area contributed by atoms with Crippen molar-refractivity contribution in [3.8, 4) is 0 Å². The van der Waals surface area contributed by atoms with Gasteiger partial charge >= 0.3 is 0 Å². The zero-order valence-electron chi connectivity index (χ0n) is 15.9. The second-order valence-corrected chi connectivity index (χ2v) is 6.88. The zero-order valence-corrected chi connectivity index (χ0v) is 18.2. The van der Waals surface area contributed by atoms with Crippen LogP contribution in [0, 0.1) is 19.3 Å². The molecule has 0 spiro atoms. The monoisotopic (exact) mass is 447 g/mol. The molecule has 2 rings (SSSR count). The molecule has 5 nitrogen and oxygen atoms in total. The van der Waals surface area contributed by atoms with Crippen molar-refractivity contribution in [1.82, 2.24) is 20.4 Å². The molecule has 0 radical (unpaired) electrons. The summed E-state index contributed by atoms with van der Waals surface area (Å²) in [5.41, 5.74) is 3.97. The van der Waals surface area contributed by atoms with Gasteiger partial charge < -0.3 is 10.6 Å². The molecule has 1 heterocycles. The van der Waals surface area contributed by atoms with Crippen molar-refractivity contribution in [1.29, 1.82) is 0 Å². The average Bonchev–Trinajstić information content (AvgIpc) is 3.10. The van der Waals surface area contributed by atoms with Crippen LogP contribution in [0.1, 0.15) is 62.9 Å². The fraction of sp³-hybridized carbons (Fsp3) is 0.778. The van der Waals surface area contributed by atoms with Crippen molar-refractivity contribution in [2.24, 2.45) is 17.5 Å². The Balaban J connectivity index is 0.00000288. The Morgan fingerprint density at radius 2 is 1.88 bits per heavy atom. The molecule has 1 aromatic rings. The summed E-state index contributed by atoms with van der Waals surface area (Å²) in [6.45, 7) is 11.2. The number of hydrogen-bond acceptors (Lipinski definition) is 2. The van der Waals surface area contributed by atoms with Crippen molar-refractivity contribution < 1.29 is 0 Å². The predicted octanol–water partition coefficient (Wildman–Crippen LogP) is 3.68. The number of halogens is 1. The fourth-order valence-electron chi connectivity index (χ4n) is 3.60. The summed E-state index contributed by atoms with van der Waals surface area (Å²) < 4.78 is 1.94. The number of aromatic nitrogens is 2. The van der Waals surface area contributed by atoms with E-state index in [4.69, 9.17) is 4.99 Å². The first-order valence-corrected chi connectivity index (χ1v) is 9.02. The lowest BCUT2D eigenvalue weighted by Gasteiger charge is -2.28.